The highest BCUT2D eigenvalue weighted by Crippen LogP contribution is 2.11. The summed E-state index contributed by atoms with van der Waals surface area (Å²) >= 11 is 0. The SMILES string of the molecule is CC(=O)c1ccc(NC(=O)CCNCC2CCCO2)cc1. The van der Waals surface area contributed by atoms with Crippen LogP contribution in [0.3, 0.4) is 0 Å². The van der Waals surface area contributed by atoms with Gasteiger partial charge in [-0.15, -0.1) is 0 Å². The van der Waals surface area contributed by atoms with E-state index >= 15 is 0 Å². The molecule has 0 spiro atoms. The molecule has 0 radical (unpaired) electrons. The second kappa shape index (κ2) is 7.90. The van der Waals surface area contributed by atoms with E-state index in [-0.39, 0.29) is 11.7 Å². The second-order valence-electron chi connectivity index (χ2n) is 5.27. The van der Waals surface area contributed by atoms with Gasteiger partial charge in [0, 0.05) is 37.4 Å². The zero-order chi connectivity index (χ0) is 15.1. The van der Waals surface area contributed by atoms with Crippen LogP contribution in [0.25, 0.3) is 0 Å². The van der Waals surface area contributed by atoms with Crippen LogP contribution in [0, 0.1) is 0 Å². The molecule has 1 aliphatic rings. The van der Waals surface area contributed by atoms with Gasteiger partial charge in [0.05, 0.1) is 6.10 Å². The van der Waals surface area contributed by atoms with Gasteiger partial charge in [-0.25, -0.2) is 0 Å². The molecule has 114 valence electrons. The third-order valence-electron chi connectivity index (χ3n) is 3.50. The molecule has 5 heteroatoms. The van der Waals surface area contributed by atoms with Crippen LogP contribution >= 0.6 is 0 Å². The molecular formula is C16H22N2O3. The Morgan fingerprint density at radius 3 is 2.67 bits per heavy atom. The summed E-state index contributed by atoms with van der Waals surface area (Å²) in [4.78, 5) is 22.9. The molecule has 1 aromatic carbocycles. The molecule has 1 aliphatic heterocycles. The van der Waals surface area contributed by atoms with Gasteiger partial charge in [-0.05, 0) is 44.0 Å². The van der Waals surface area contributed by atoms with Gasteiger partial charge in [-0.3, -0.25) is 9.59 Å². The van der Waals surface area contributed by atoms with Crippen molar-refractivity contribution >= 4 is 17.4 Å². The lowest BCUT2D eigenvalue weighted by Gasteiger charge is -2.10. The Morgan fingerprint density at radius 2 is 2.05 bits per heavy atom. The Balaban J connectivity index is 1.65. The van der Waals surface area contributed by atoms with Crippen molar-refractivity contribution in [1.29, 1.82) is 0 Å². The van der Waals surface area contributed by atoms with Crippen molar-refractivity contribution in [1.82, 2.24) is 5.32 Å². The first-order chi connectivity index (χ1) is 10.1. The van der Waals surface area contributed by atoms with E-state index in [1.165, 1.54) is 6.92 Å². The molecule has 0 aromatic heterocycles. The van der Waals surface area contributed by atoms with Crippen molar-refractivity contribution in [2.45, 2.75) is 32.3 Å². The molecule has 0 bridgehead atoms. The highest BCUT2D eigenvalue weighted by molar-refractivity contribution is 5.95. The average Bonchev–Trinajstić information content (AvgIpc) is 2.97. The summed E-state index contributed by atoms with van der Waals surface area (Å²) in [5.41, 5.74) is 1.36. The van der Waals surface area contributed by atoms with Gasteiger partial charge in [0.2, 0.25) is 5.91 Å². The van der Waals surface area contributed by atoms with E-state index in [1.54, 1.807) is 24.3 Å². The number of carbonyl (C=O) groups is 2. The summed E-state index contributed by atoms with van der Waals surface area (Å²) < 4.78 is 5.50. The van der Waals surface area contributed by atoms with E-state index in [4.69, 9.17) is 4.74 Å². The van der Waals surface area contributed by atoms with Crippen LogP contribution in [0.2, 0.25) is 0 Å². The van der Waals surface area contributed by atoms with Gasteiger partial charge in [0.1, 0.15) is 0 Å². The third kappa shape index (κ3) is 5.28. The molecule has 1 unspecified atom stereocenters. The maximum absolute atomic E-state index is 11.8. The van der Waals surface area contributed by atoms with Gasteiger partial charge in [0.15, 0.2) is 5.78 Å². The number of Topliss-reactive ketones (excluding diaryl/α,β-unsaturated/α-hetero) is 1. The molecule has 1 atom stereocenters. The first kappa shape index (κ1) is 15.7. The maximum Gasteiger partial charge on any atom is 0.225 e. The summed E-state index contributed by atoms with van der Waals surface area (Å²) in [6, 6.07) is 6.92. The molecule has 2 N–H and O–H groups in total. The number of hydrogen-bond donors (Lipinski definition) is 2. The summed E-state index contributed by atoms with van der Waals surface area (Å²) in [5.74, 6) is -0.0170. The number of nitrogens with one attached hydrogen (secondary N) is 2. The molecule has 1 heterocycles. The van der Waals surface area contributed by atoms with Crippen molar-refractivity contribution in [3.8, 4) is 0 Å². The second-order valence-corrected chi connectivity index (χ2v) is 5.27. The largest absolute Gasteiger partial charge is 0.377 e. The monoisotopic (exact) mass is 290 g/mol. The molecule has 0 saturated carbocycles. The van der Waals surface area contributed by atoms with E-state index in [1.807, 2.05) is 0 Å². The smallest absolute Gasteiger partial charge is 0.225 e. The lowest BCUT2D eigenvalue weighted by atomic mass is 10.1. The van der Waals surface area contributed by atoms with Gasteiger partial charge < -0.3 is 15.4 Å². The van der Waals surface area contributed by atoms with E-state index in [0.29, 0.717) is 30.3 Å². The number of amides is 1. The zero-order valence-corrected chi connectivity index (χ0v) is 12.4. The Labute approximate surface area is 125 Å². The van der Waals surface area contributed by atoms with Crippen molar-refractivity contribution in [3.63, 3.8) is 0 Å². The summed E-state index contributed by atoms with van der Waals surface area (Å²) in [6.07, 6.45) is 2.94. The number of anilines is 1. The van der Waals surface area contributed by atoms with Crippen LogP contribution in [-0.4, -0.2) is 37.5 Å². The van der Waals surface area contributed by atoms with Crippen LogP contribution in [0.1, 0.15) is 36.5 Å². The molecule has 0 aliphatic carbocycles. The predicted molar refractivity (Wildman–Crippen MR) is 81.5 cm³/mol. The molecule has 5 nitrogen and oxygen atoms in total. The van der Waals surface area contributed by atoms with Crippen LogP contribution in [0.4, 0.5) is 5.69 Å². The Kier molecular flexibility index (Phi) is 5.90. The summed E-state index contributed by atoms with van der Waals surface area (Å²) in [7, 11) is 0. The third-order valence-corrected chi connectivity index (χ3v) is 3.50. The highest BCUT2D eigenvalue weighted by atomic mass is 16.5. The Morgan fingerprint density at radius 1 is 1.29 bits per heavy atom. The maximum atomic E-state index is 11.8. The molecule has 1 fully saturated rings. The lowest BCUT2D eigenvalue weighted by molar-refractivity contribution is -0.116. The predicted octanol–water partition coefficient (Wildman–Crippen LogP) is 1.99. The van der Waals surface area contributed by atoms with Gasteiger partial charge >= 0.3 is 0 Å². The minimum Gasteiger partial charge on any atom is -0.377 e. The van der Waals surface area contributed by atoms with E-state index < -0.39 is 0 Å². The first-order valence-corrected chi connectivity index (χ1v) is 7.38. The van der Waals surface area contributed by atoms with Gasteiger partial charge in [-0.2, -0.15) is 0 Å². The first-order valence-electron chi connectivity index (χ1n) is 7.38. The minimum absolute atomic E-state index is 0.0196. The number of hydrogen-bond acceptors (Lipinski definition) is 4. The van der Waals surface area contributed by atoms with Crippen LogP contribution in [0.5, 0.6) is 0 Å². The van der Waals surface area contributed by atoms with Gasteiger partial charge in [-0.1, -0.05) is 0 Å². The lowest BCUT2D eigenvalue weighted by Crippen LogP contribution is -2.29. The molecule has 1 saturated heterocycles. The van der Waals surface area contributed by atoms with Crippen molar-refractivity contribution in [2.24, 2.45) is 0 Å². The molecule has 1 aromatic rings. The van der Waals surface area contributed by atoms with E-state index in [2.05, 4.69) is 10.6 Å². The molecule has 21 heavy (non-hydrogen) atoms. The fourth-order valence-corrected chi connectivity index (χ4v) is 2.28. The highest BCUT2D eigenvalue weighted by Gasteiger charge is 2.14. The van der Waals surface area contributed by atoms with E-state index in [0.717, 1.165) is 26.0 Å². The minimum atomic E-state index is -0.0367. The standard InChI is InChI=1S/C16H22N2O3/c1-12(19)13-4-6-14(7-5-13)18-16(20)8-9-17-11-15-3-2-10-21-15/h4-7,15,17H,2-3,8-11H2,1H3,(H,18,20). The molecule has 2 rings (SSSR count). The molecule has 1 amide bonds. The number of carbonyl (C=O) groups excluding carboxylic acids is 2. The van der Waals surface area contributed by atoms with Crippen LogP contribution in [-0.2, 0) is 9.53 Å². The quantitative estimate of drug-likeness (QED) is 0.595. The number of ketones is 1. The average molecular weight is 290 g/mol. The van der Waals surface area contributed by atoms with Crippen molar-refractivity contribution < 1.29 is 14.3 Å². The molecular weight excluding hydrogens is 268 g/mol. The van der Waals surface area contributed by atoms with Crippen LogP contribution < -0.4 is 10.6 Å². The van der Waals surface area contributed by atoms with Crippen molar-refractivity contribution in [2.75, 3.05) is 25.0 Å². The summed E-state index contributed by atoms with van der Waals surface area (Å²) in [6.45, 7) is 3.81. The normalized spacial score (nSPS) is 17.7. The van der Waals surface area contributed by atoms with E-state index in [9.17, 15) is 9.59 Å². The fraction of sp³-hybridized carbons (Fsp3) is 0.500. The fourth-order valence-electron chi connectivity index (χ4n) is 2.28. The topological polar surface area (TPSA) is 67.4 Å². The van der Waals surface area contributed by atoms with Crippen LogP contribution in [0.15, 0.2) is 24.3 Å². The number of benzene rings is 1. The Bertz CT molecular complexity index is 479. The summed E-state index contributed by atoms with van der Waals surface area (Å²) in [5, 5.41) is 6.05. The Hall–Kier alpha value is -1.72. The number of ether oxygens (including phenoxy) is 1. The van der Waals surface area contributed by atoms with Gasteiger partial charge in [0.25, 0.3) is 0 Å². The number of rotatable bonds is 7. The van der Waals surface area contributed by atoms with Crippen molar-refractivity contribution in [3.05, 3.63) is 29.8 Å². The zero-order valence-electron chi connectivity index (χ0n) is 12.4.